The molecule has 0 saturated heterocycles. The van der Waals surface area contributed by atoms with E-state index in [9.17, 15) is 4.79 Å². The monoisotopic (exact) mass is 260 g/mol. The van der Waals surface area contributed by atoms with E-state index in [1.54, 1.807) is 16.8 Å². The van der Waals surface area contributed by atoms with Gasteiger partial charge in [0.05, 0.1) is 34.8 Å². The standard InChI is InChI=1S/C12H12N4OS/c13-4-1-5-14-12(17)7-15-9-2-3-10-11(6-9)18-8-16-10/h2-3,6,8,15H,1,5,7H2,(H,14,17). The first-order chi connectivity index (χ1) is 8.79. The summed E-state index contributed by atoms with van der Waals surface area (Å²) in [5.41, 5.74) is 3.65. The van der Waals surface area contributed by atoms with Crippen LogP contribution in [-0.2, 0) is 4.79 Å². The molecule has 6 heteroatoms. The minimum atomic E-state index is -0.116. The van der Waals surface area contributed by atoms with E-state index in [-0.39, 0.29) is 12.5 Å². The van der Waals surface area contributed by atoms with Crippen LogP contribution in [0.25, 0.3) is 10.2 Å². The summed E-state index contributed by atoms with van der Waals surface area (Å²) in [6, 6.07) is 7.75. The molecule has 1 aromatic heterocycles. The van der Waals surface area contributed by atoms with Gasteiger partial charge in [-0.1, -0.05) is 0 Å². The van der Waals surface area contributed by atoms with Crippen molar-refractivity contribution in [1.82, 2.24) is 10.3 Å². The number of nitrogens with zero attached hydrogens (tertiary/aromatic N) is 2. The Balaban J connectivity index is 1.86. The lowest BCUT2D eigenvalue weighted by molar-refractivity contribution is -0.119. The highest BCUT2D eigenvalue weighted by Crippen LogP contribution is 2.21. The maximum Gasteiger partial charge on any atom is 0.239 e. The Kier molecular flexibility index (Phi) is 4.10. The zero-order chi connectivity index (χ0) is 12.8. The average molecular weight is 260 g/mol. The molecule has 1 aromatic carbocycles. The van der Waals surface area contributed by atoms with Gasteiger partial charge in [0, 0.05) is 12.2 Å². The number of carbonyl (C=O) groups excluding carboxylic acids is 1. The van der Waals surface area contributed by atoms with Crippen molar-refractivity contribution in [3.8, 4) is 6.07 Å². The number of carbonyl (C=O) groups is 1. The Morgan fingerprint density at radius 3 is 3.22 bits per heavy atom. The second kappa shape index (κ2) is 5.98. The minimum absolute atomic E-state index is 0.116. The second-order valence-electron chi connectivity index (χ2n) is 3.65. The molecule has 0 aliphatic carbocycles. The fraction of sp³-hybridized carbons (Fsp3) is 0.250. The molecule has 0 bridgehead atoms. The van der Waals surface area contributed by atoms with Crippen molar-refractivity contribution in [2.24, 2.45) is 0 Å². The van der Waals surface area contributed by atoms with E-state index in [1.807, 2.05) is 24.3 Å². The third kappa shape index (κ3) is 3.18. The van der Waals surface area contributed by atoms with Gasteiger partial charge in [-0.2, -0.15) is 5.26 Å². The number of amides is 1. The van der Waals surface area contributed by atoms with Crippen molar-refractivity contribution >= 4 is 33.1 Å². The molecule has 18 heavy (non-hydrogen) atoms. The summed E-state index contributed by atoms with van der Waals surface area (Å²) in [4.78, 5) is 15.6. The number of nitriles is 1. The van der Waals surface area contributed by atoms with E-state index < -0.39 is 0 Å². The van der Waals surface area contributed by atoms with Gasteiger partial charge in [-0.05, 0) is 18.2 Å². The van der Waals surface area contributed by atoms with Gasteiger partial charge in [-0.3, -0.25) is 4.79 Å². The molecule has 0 atom stereocenters. The fourth-order valence-electron chi connectivity index (χ4n) is 1.47. The largest absolute Gasteiger partial charge is 0.376 e. The zero-order valence-electron chi connectivity index (χ0n) is 9.64. The Morgan fingerprint density at radius 2 is 2.39 bits per heavy atom. The first-order valence-electron chi connectivity index (χ1n) is 5.50. The quantitative estimate of drug-likeness (QED) is 0.803. The molecule has 1 amide bonds. The molecule has 0 saturated carbocycles. The third-order valence-electron chi connectivity index (χ3n) is 2.34. The van der Waals surface area contributed by atoms with E-state index in [2.05, 4.69) is 15.6 Å². The highest BCUT2D eigenvalue weighted by Gasteiger charge is 2.02. The zero-order valence-corrected chi connectivity index (χ0v) is 10.5. The molecule has 2 rings (SSSR count). The first kappa shape index (κ1) is 12.3. The highest BCUT2D eigenvalue weighted by molar-refractivity contribution is 7.16. The summed E-state index contributed by atoms with van der Waals surface area (Å²) in [7, 11) is 0. The van der Waals surface area contributed by atoms with Gasteiger partial charge >= 0.3 is 0 Å². The summed E-state index contributed by atoms with van der Waals surface area (Å²) < 4.78 is 1.09. The van der Waals surface area contributed by atoms with Crippen molar-refractivity contribution in [3.05, 3.63) is 23.7 Å². The molecule has 0 aliphatic heterocycles. The predicted octanol–water partition coefficient (Wildman–Crippen LogP) is 1.74. The summed E-state index contributed by atoms with van der Waals surface area (Å²) in [5, 5.41) is 14.0. The van der Waals surface area contributed by atoms with Gasteiger partial charge < -0.3 is 10.6 Å². The van der Waals surface area contributed by atoms with Crippen LogP contribution < -0.4 is 10.6 Å². The number of hydrogen-bond donors (Lipinski definition) is 2. The molecule has 0 radical (unpaired) electrons. The van der Waals surface area contributed by atoms with Crippen molar-refractivity contribution in [1.29, 1.82) is 5.26 Å². The summed E-state index contributed by atoms with van der Waals surface area (Å²) >= 11 is 1.56. The predicted molar refractivity (Wildman–Crippen MR) is 71.3 cm³/mol. The second-order valence-corrected chi connectivity index (χ2v) is 4.53. The summed E-state index contributed by atoms with van der Waals surface area (Å²) in [6.45, 7) is 0.598. The van der Waals surface area contributed by atoms with Crippen LogP contribution in [0.2, 0.25) is 0 Å². The van der Waals surface area contributed by atoms with Gasteiger partial charge in [0.15, 0.2) is 0 Å². The number of hydrogen-bond acceptors (Lipinski definition) is 5. The Labute approximate surface area is 108 Å². The highest BCUT2D eigenvalue weighted by atomic mass is 32.1. The van der Waals surface area contributed by atoms with Gasteiger partial charge in [-0.15, -0.1) is 11.3 Å². The molecule has 0 unspecified atom stereocenters. The average Bonchev–Trinajstić information content (AvgIpc) is 2.84. The number of nitrogens with one attached hydrogen (secondary N) is 2. The maximum atomic E-state index is 11.4. The molecular formula is C12H12N4OS. The SMILES string of the molecule is N#CCCNC(=O)CNc1ccc2ncsc2c1. The van der Waals surface area contributed by atoms with E-state index >= 15 is 0 Å². The topological polar surface area (TPSA) is 77.8 Å². The molecule has 2 aromatic rings. The third-order valence-corrected chi connectivity index (χ3v) is 3.14. The summed E-state index contributed by atoms with van der Waals surface area (Å²) in [6.07, 6.45) is 0.332. The van der Waals surface area contributed by atoms with E-state index in [4.69, 9.17) is 5.26 Å². The van der Waals surface area contributed by atoms with E-state index in [1.165, 1.54) is 0 Å². The molecule has 1 heterocycles. The molecule has 0 fully saturated rings. The van der Waals surface area contributed by atoms with Crippen molar-refractivity contribution in [3.63, 3.8) is 0 Å². The van der Waals surface area contributed by atoms with Gasteiger partial charge in [0.1, 0.15) is 0 Å². The lowest BCUT2D eigenvalue weighted by atomic mass is 10.3. The van der Waals surface area contributed by atoms with Crippen LogP contribution in [0.1, 0.15) is 6.42 Å². The van der Waals surface area contributed by atoms with Crippen LogP contribution in [0.3, 0.4) is 0 Å². The number of rotatable bonds is 5. The van der Waals surface area contributed by atoms with Gasteiger partial charge in [-0.25, -0.2) is 4.98 Å². The molecule has 0 aliphatic rings. The first-order valence-corrected chi connectivity index (χ1v) is 6.38. The van der Waals surface area contributed by atoms with E-state index in [0.29, 0.717) is 13.0 Å². The van der Waals surface area contributed by atoms with Crippen LogP contribution in [0.15, 0.2) is 23.7 Å². The van der Waals surface area contributed by atoms with Crippen molar-refractivity contribution < 1.29 is 4.79 Å². The number of anilines is 1. The van der Waals surface area contributed by atoms with Crippen LogP contribution in [-0.4, -0.2) is 24.0 Å². The smallest absolute Gasteiger partial charge is 0.239 e. The fourth-order valence-corrected chi connectivity index (χ4v) is 2.18. The van der Waals surface area contributed by atoms with Crippen LogP contribution in [0.5, 0.6) is 0 Å². The lowest BCUT2D eigenvalue weighted by Gasteiger charge is -2.06. The van der Waals surface area contributed by atoms with Crippen LogP contribution in [0.4, 0.5) is 5.69 Å². The number of thiazole rings is 1. The van der Waals surface area contributed by atoms with Crippen LogP contribution in [0, 0.1) is 11.3 Å². The van der Waals surface area contributed by atoms with Crippen molar-refractivity contribution in [2.45, 2.75) is 6.42 Å². The number of fused-ring (bicyclic) bond motifs is 1. The van der Waals surface area contributed by atoms with Gasteiger partial charge in [0.25, 0.3) is 0 Å². The molecular weight excluding hydrogens is 248 g/mol. The Bertz CT molecular complexity index is 587. The molecule has 2 N–H and O–H groups in total. The number of benzene rings is 1. The molecule has 5 nitrogen and oxygen atoms in total. The maximum absolute atomic E-state index is 11.4. The Hall–Kier alpha value is -2.13. The van der Waals surface area contributed by atoms with Gasteiger partial charge in [0.2, 0.25) is 5.91 Å². The lowest BCUT2D eigenvalue weighted by Crippen LogP contribution is -2.30. The van der Waals surface area contributed by atoms with E-state index in [0.717, 1.165) is 15.9 Å². The molecule has 92 valence electrons. The summed E-state index contributed by atoms with van der Waals surface area (Å²) in [5.74, 6) is -0.116. The number of aromatic nitrogens is 1. The molecule has 0 spiro atoms. The van der Waals surface area contributed by atoms with Crippen molar-refractivity contribution in [2.75, 3.05) is 18.4 Å². The Morgan fingerprint density at radius 1 is 1.50 bits per heavy atom. The normalized spacial score (nSPS) is 9.94. The minimum Gasteiger partial charge on any atom is -0.376 e. The van der Waals surface area contributed by atoms with Crippen LogP contribution >= 0.6 is 11.3 Å².